The number of halogens is 1. The Morgan fingerprint density at radius 1 is 1.17 bits per heavy atom. The van der Waals surface area contributed by atoms with Gasteiger partial charge in [0.2, 0.25) is 0 Å². The molecule has 0 fully saturated rings. The Balaban J connectivity index is 1.85. The van der Waals surface area contributed by atoms with Gasteiger partial charge >= 0.3 is 5.97 Å². The minimum Gasteiger partial charge on any atom is -0.492 e. The van der Waals surface area contributed by atoms with Gasteiger partial charge in [-0.2, -0.15) is 0 Å². The summed E-state index contributed by atoms with van der Waals surface area (Å²) in [5.74, 6) is -0.0266. The molecule has 23 heavy (non-hydrogen) atoms. The van der Waals surface area contributed by atoms with Crippen molar-refractivity contribution in [1.82, 2.24) is 5.32 Å². The molecule has 0 aliphatic heterocycles. The minimum atomic E-state index is -0.851. The highest BCUT2D eigenvalue weighted by Crippen LogP contribution is 2.35. The van der Waals surface area contributed by atoms with Crippen LogP contribution < -0.4 is 10.1 Å². The molecule has 0 unspecified atom stereocenters. The topological polar surface area (TPSA) is 58.6 Å². The summed E-state index contributed by atoms with van der Waals surface area (Å²) in [7, 11) is 0. The van der Waals surface area contributed by atoms with E-state index in [1.807, 2.05) is 48.5 Å². The number of carboxylic acid groups (broad SMARTS) is 1. The predicted molar refractivity (Wildman–Crippen MR) is 92.6 cm³/mol. The van der Waals surface area contributed by atoms with Crippen LogP contribution in [0.25, 0.3) is 0 Å². The maximum Gasteiger partial charge on any atom is 0.317 e. The number of carbonyl (C=O) groups is 1. The van der Waals surface area contributed by atoms with Gasteiger partial charge in [0.15, 0.2) is 0 Å². The van der Waals surface area contributed by atoms with Crippen LogP contribution in [0.5, 0.6) is 5.75 Å². The third-order valence-corrected chi connectivity index (χ3v) is 4.24. The highest BCUT2D eigenvalue weighted by atomic mass is 35.5. The van der Waals surface area contributed by atoms with Crippen LogP contribution in [0, 0.1) is 0 Å². The Bertz CT molecular complexity index is 634. The standard InChI is InChI=1S/C17H18ClNO3S/c18-13-6-8-14(9-7-13)23-16-5-2-1-4-15(16)22-11-3-10-19-12-17(20)21/h1-2,4-9,19H,3,10-12H2,(H,20,21). The summed E-state index contributed by atoms with van der Waals surface area (Å²) >= 11 is 7.52. The van der Waals surface area contributed by atoms with E-state index in [-0.39, 0.29) is 6.54 Å². The number of benzene rings is 2. The summed E-state index contributed by atoms with van der Waals surface area (Å²) in [5, 5.41) is 12.1. The summed E-state index contributed by atoms with van der Waals surface area (Å²) in [6, 6.07) is 15.5. The lowest BCUT2D eigenvalue weighted by molar-refractivity contribution is -0.135. The monoisotopic (exact) mass is 351 g/mol. The first-order chi connectivity index (χ1) is 11.1. The van der Waals surface area contributed by atoms with Gasteiger partial charge in [0.1, 0.15) is 5.75 Å². The molecule has 6 heteroatoms. The fraction of sp³-hybridized carbons (Fsp3) is 0.235. The molecule has 0 spiro atoms. The van der Waals surface area contributed by atoms with Crippen LogP contribution in [-0.4, -0.2) is 30.8 Å². The molecule has 0 amide bonds. The first-order valence-electron chi connectivity index (χ1n) is 7.23. The normalized spacial score (nSPS) is 10.5. The van der Waals surface area contributed by atoms with Gasteiger partial charge in [-0.3, -0.25) is 4.79 Å². The Morgan fingerprint density at radius 3 is 2.65 bits per heavy atom. The van der Waals surface area contributed by atoms with Gasteiger partial charge in [-0.05, 0) is 49.4 Å². The van der Waals surface area contributed by atoms with E-state index in [0.29, 0.717) is 18.2 Å². The van der Waals surface area contributed by atoms with Crippen molar-refractivity contribution < 1.29 is 14.6 Å². The van der Waals surface area contributed by atoms with Gasteiger partial charge in [-0.1, -0.05) is 35.5 Å². The number of nitrogens with one attached hydrogen (secondary N) is 1. The summed E-state index contributed by atoms with van der Waals surface area (Å²) in [6.07, 6.45) is 0.743. The first kappa shape index (κ1) is 17.7. The second-order valence-corrected chi connectivity index (χ2v) is 6.33. The van der Waals surface area contributed by atoms with Crippen LogP contribution in [0.3, 0.4) is 0 Å². The smallest absolute Gasteiger partial charge is 0.317 e. The number of rotatable bonds is 9. The molecular weight excluding hydrogens is 334 g/mol. The molecule has 2 rings (SSSR count). The van der Waals surface area contributed by atoms with E-state index in [1.165, 1.54) is 0 Å². The minimum absolute atomic E-state index is 0.0248. The fourth-order valence-corrected chi connectivity index (χ4v) is 2.88. The maximum atomic E-state index is 10.4. The number of hydrogen-bond donors (Lipinski definition) is 2. The Hall–Kier alpha value is -1.69. The van der Waals surface area contributed by atoms with Crippen molar-refractivity contribution in [3.63, 3.8) is 0 Å². The van der Waals surface area contributed by atoms with Gasteiger partial charge in [-0.25, -0.2) is 0 Å². The van der Waals surface area contributed by atoms with Crippen molar-refractivity contribution in [3.8, 4) is 5.75 Å². The van der Waals surface area contributed by atoms with E-state index in [0.717, 1.165) is 22.0 Å². The number of carboxylic acids is 1. The van der Waals surface area contributed by atoms with Gasteiger partial charge in [-0.15, -0.1) is 0 Å². The van der Waals surface area contributed by atoms with E-state index in [1.54, 1.807) is 11.8 Å². The van der Waals surface area contributed by atoms with Crippen LogP contribution in [0.1, 0.15) is 6.42 Å². The molecule has 0 heterocycles. The lowest BCUT2D eigenvalue weighted by Gasteiger charge is -2.11. The van der Waals surface area contributed by atoms with Crippen molar-refractivity contribution in [2.45, 2.75) is 16.2 Å². The summed E-state index contributed by atoms with van der Waals surface area (Å²) < 4.78 is 5.81. The molecular formula is C17H18ClNO3S. The van der Waals surface area contributed by atoms with Crippen molar-refractivity contribution in [1.29, 1.82) is 0 Å². The molecule has 0 saturated carbocycles. The number of ether oxygens (including phenoxy) is 1. The zero-order valence-corrected chi connectivity index (χ0v) is 14.1. The average molecular weight is 352 g/mol. The third kappa shape index (κ3) is 6.52. The molecule has 0 radical (unpaired) electrons. The molecule has 0 aliphatic rings. The van der Waals surface area contributed by atoms with Gasteiger partial charge < -0.3 is 15.2 Å². The Morgan fingerprint density at radius 2 is 1.91 bits per heavy atom. The van der Waals surface area contributed by atoms with Crippen molar-refractivity contribution in [2.24, 2.45) is 0 Å². The molecule has 0 bridgehead atoms. The molecule has 2 N–H and O–H groups in total. The quantitative estimate of drug-likeness (QED) is 0.670. The van der Waals surface area contributed by atoms with E-state index in [2.05, 4.69) is 5.32 Å². The molecule has 122 valence electrons. The van der Waals surface area contributed by atoms with Gasteiger partial charge in [0, 0.05) is 9.92 Å². The van der Waals surface area contributed by atoms with Crippen LogP contribution in [0.15, 0.2) is 58.3 Å². The van der Waals surface area contributed by atoms with Crippen molar-refractivity contribution >= 4 is 29.3 Å². The number of aliphatic carboxylic acids is 1. The van der Waals surface area contributed by atoms with E-state index < -0.39 is 5.97 Å². The Labute approximate surface area is 144 Å². The number of hydrogen-bond acceptors (Lipinski definition) is 4. The van der Waals surface area contributed by atoms with Crippen LogP contribution in [0.4, 0.5) is 0 Å². The van der Waals surface area contributed by atoms with Crippen LogP contribution in [0.2, 0.25) is 5.02 Å². The lowest BCUT2D eigenvalue weighted by atomic mass is 10.3. The first-order valence-corrected chi connectivity index (χ1v) is 8.42. The molecule has 0 saturated heterocycles. The fourth-order valence-electron chi connectivity index (χ4n) is 1.86. The predicted octanol–water partition coefficient (Wildman–Crippen LogP) is 3.93. The van der Waals surface area contributed by atoms with Gasteiger partial charge in [0.05, 0.1) is 18.0 Å². The summed E-state index contributed by atoms with van der Waals surface area (Å²) in [5.41, 5.74) is 0. The third-order valence-electron chi connectivity index (χ3n) is 2.92. The van der Waals surface area contributed by atoms with Crippen molar-refractivity contribution in [2.75, 3.05) is 19.7 Å². The molecule has 0 aliphatic carbocycles. The Kier molecular flexibility index (Phi) is 7.26. The van der Waals surface area contributed by atoms with E-state index in [9.17, 15) is 4.79 Å². The van der Waals surface area contributed by atoms with Crippen LogP contribution in [-0.2, 0) is 4.79 Å². The van der Waals surface area contributed by atoms with E-state index >= 15 is 0 Å². The average Bonchev–Trinajstić information content (AvgIpc) is 2.54. The largest absolute Gasteiger partial charge is 0.492 e. The van der Waals surface area contributed by atoms with E-state index in [4.69, 9.17) is 21.4 Å². The zero-order valence-electron chi connectivity index (χ0n) is 12.5. The highest BCUT2D eigenvalue weighted by Gasteiger charge is 2.05. The SMILES string of the molecule is O=C(O)CNCCCOc1ccccc1Sc1ccc(Cl)cc1. The second kappa shape index (κ2) is 9.45. The molecule has 2 aromatic carbocycles. The maximum absolute atomic E-state index is 10.4. The van der Waals surface area contributed by atoms with Gasteiger partial charge in [0.25, 0.3) is 0 Å². The molecule has 0 aromatic heterocycles. The van der Waals surface area contributed by atoms with Crippen molar-refractivity contribution in [3.05, 3.63) is 53.6 Å². The molecule has 4 nitrogen and oxygen atoms in total. The highest BCUT2D eigenvalue weighted by molar-refractivity contribution is 7.99. The summed E-state index contributed by atoms with van der Waals surface area (Å²) in [4.78, 5) is 12.5. The molecule has 0 atom stereocenters. The zero-order chi connectivity index (χ0) is 16.5. The summed E-state index contributed by atoms with van der Waals surface area (Å²) in [6.45, 7) is 1.12. The van der Waals surface area contributed by atoms with Crippen LogP contribution >= 0.6 is 23.4 Å². The lowest BCUT2D eigenvalue weighted by Crippen LogP contribution is -2.24. The molecule has 2 aromatic rings. The second-order valence-electron chi connectivity index (χ2n) is 4.78. The number of para-hydroxylation sites is 1.